The van der Waals surface area contributed by atoms with Crippen molar-refractivity contribution < 1.29 is 14.7 Å². The Hall–Kier alpha value is -1.32. The normalized spacial score (nSPS) is 25.0. The van der Waals surface area contributed by atoms with Crippen LogP contribution in [0.3, 0.4) is 0 Å². The second-order valence-electron chi connectivity index (χ2n) is 3.29. The third-order valence-electron chi connectivity index (χ3n) is 2.20. The zero-order chi connectivity index (χ0) is 10.0. The molecule has 1 saturated carbocycles. The number of hydrogen-bond donors (Lipinski definition) is 1. The summed E-state index contributed by atoms with van der Waals surface area (Å²) in [5.74, 6) is -1.72. The molecule has 1 N–H and O–H groups in total. The first-order valence-corrected chi connectivity index (χ1v) is 4.16. The van der Waals surface area contributed by atoms with E-state index in [-0.39, 0.29) is 11.8 Å². The Morgan fingerprint density at radius 2 is 2.23 bits per heavy atom. The molecule has 72 valence electrons. The van der Waals surface area contributed by atoms with E-state index in [1.165, 1.54) is 4.90 Å². The topological polar surface area (TPSA) is 57.6 Å². The highest BCUT2D eigenvalue weighted by Crippen LogP contribution is 2.39. The molecular weight excluding hydrogens is 170 g/mol. The van der Waals surface area contributed by atoms with Gasteiger partial charge in [-0.15, -0.1) is 6.58 Å². The number of carboxylic acids is 1. The summed E-state index contributed by atoms with van der Waals surface area (Å²) in [6.07, 6.45) is 2.10. The van der Waals surface area contributed by atoms with Gasteiger partial charge in [-0.25, -0.2) is 0 Å². The molecule has 0 spiro atoms. The van der Waals surface area contributed by atoms with Gasteiger partial charge in [-0.3, -0.25) is 9.59 Å². The fourth-order valence-corrected chi connectivity index (χ4v) is 1.31. The summed E-state index contributed by atoms with van der Waals surface area (Å²) in [4.78, 5) is 23.4. The van der Waals surface area contributed by atoms with Gasteiger partial charge in [0.05, 0.1) is 11.8 Å². The number of likely N-dealkylation sites (N-methyl/N-ethyl adjacent to an activating group) is 1. The van der Waals surface area contributed by atoms with Crippen LogP contribution in [0.2, 0.25) is 0 Å². The second kappa shape index (κ2) is 3.60. The predicted molar refractivity (Wildman–Crippen MR) is 47.1 cm³/mol. The molecule has 0 saturated heterocycles. The molecule has 4 heteroatoms. The van der Waals surface area contributed by atoms with E-state index in [1.54, 1.807) is 13.1 Å². The van der Waals surface area contributed by atoms with Gasteiger partial charge in [0.2, 0.25) is 5.91 Å². The largest absolute Gasteiger partial charge is 0.481 e. The molecule has 2 unspecified atom stereocenters. The number of aliphatic carboxylic acids is 1. The molecule has 1 rings (SSSR count). The fourth-order valence-electron chi connectivity index (χ4n) is 1.31. The number of nitrogens with zero attached hydrogens (tertiary/aromatic N) is 1. The number of hydrogen-bond acceptors (Lipinski definition) is 2. The van der Waals surface area contributed by atoms with Crippen LogP contribution < -0.4 is 0 Å². The van der Waals surface area contributed by atoms with Crippen LogP contribution in [0.5, 0.6) is 0 Å². The quantitative estimate of drug-likeness (QED) is 0.640. The summed E-state index contributed by atoms with van der Waals surface area (Å²) >= 11 is 0. The number of rotatable bonds is 4. The van der Waals surface area contributed by atoms with Crippen LogP contribution >= 0.6 is 0 Å². The molecule has 0 bridgehead atoms. The second-order valence-corrected chi connectivity index (χ2v) is 3.29. The van der Waals surface area contributed by atoms with Crippen molar-refractivity contribution in [2.45, 2.75) is 6.42 Å². The standard InChI is InChI=1S/C9H13NO3/c1-3-4-10(2)8(11)6-5-7(6)9(12)13/h3,6-7H,1,4-5H2,2H3,(H,12,13). The monoisotopic (exact) mass is 183 g/mol. The van der Waals surface area contributed by atoms with E-state index in [0.717, 1.165) is 0 Å². The Morgan fingerprint density at radius 3 is 2.62 bits per heavy atom. The van der Waals surface area contributed by atoms with Crippen LogP contribution in [0.1, 0.15) is 6.42 Å². The van der Waals surface area contributed by atoms with Gasteiger partial charge in [-0.1, -0.05) is 6.08 Å². The summed E-state index contributed by atoms with van der Waals surface area (Å²) in [7, 11) is 1.65. The molecule has 1 aliphatic carbocycles. The average Bonchev–Trinajstić information content (AvgIpc) is 2.82. The van der Waals surface area contributed by atoms with E-state index in [1.807, 2.05) is 0 Å². The maximum Gasteiger partial charge on any atom is 0.307 e. The third-order valence-corrected chi connectivity index (χ3v) is 2.20. The zero-order valence-electron chi connectivity index (χ0n) is 7.56. The van der Waals surface area contributed by atoms with Gasteiger partial charge >= 0.3 is 5.97 Å². The fraction of sp³-hybridized carbons (Fsp3) is 0.556. The molecule has 1 fully saturated rings. The van der Waals surface area contributed by atoms with Crippen molar-refractivity contribution in [1.82, 2.24) is 4.90 Å². The summed E-state index contributed by atoms with van der Waals surface area (Å²) in [6.45, 7) is 3.98. The van der Waals surface area contributed by atoms with Crippen LogP contribution in [-0.4, -0.2) is 35.5 Å². The average molecular weight is 183 g/mol. The Labute approximate surface area is 76.8 Å². The molecule has 2 atom stereocenters. The van der Waals surface area contributed by atoms with Crippen LogP contribution in [0, 0.1) is 11.8 Å². The van der Waals surface area contributed by atoms with E-state index in [9.17, 15) is 9.59 Å². The van der Waals surface area contributed by atoms with Crippen LogP contribution in [0.4, 0.5) is 0 Å². The van der Waals surface area contributed by atoms with Crippen LogP contribution in [0.25, 0.3) is 0 Å². The lowest BCUT2D eigenvalue weighted by molar-refractivity contribution is -0.141. The highest BCUT2D eigenvalue weighted by atomic mass is 16.4. The van der Waals surface area contributed by atoms with E-state index in [0.29, 0.717) is 13.0 Å². The van der Waals surface area contributed by atoms with E-state index in [2.05, 4.69) is 6.58 Å². The number of amides is 1. The van der Waals surface area contributed by atoms with Gasteiger partial charge in [-0.2, -0.15) is 0 Å². The van der Waals surface area contributed by atoms with Crippen molar-refractivity contribution in [3.8, 4) is 0 Å². The van der Waals surface area contributed by atoms with Gasteiger partial charge in [0.25, 0.3) is 0 Å². The highest BCUT2D eigenvalue weighted by molar-refractivity contribution is 5.89. The SMILES string of the molecule is C=CCN(C)C(=O)C1CC1C(=O)O. The van der Waals surface area contributed by atoms with Crippen LogP contribution in [0.15, 0.2) is 12.7 Å². The molecule has 4 nitrogen and oxygen atoms in total. The maximum absolute atomic E-state index is 11.4. The molecule has 0 heterocycles. The van der Waals surface area contributed by atoms with Crippen molar-refractivity contribution in [3.05, 3.63) is 12.7 Å². The van der Waals surface area contributed by atoms with Gasteiger partial charge in [0.15, 0.2) is 0 Å². The third kappa shape index (κ3) is 2.08. The lowest BCUT2D eigenvalue weighted by atomic mass is 10.3. The minimum absolute atomic E-state index is 0.0905. The minimum Gasteiger partial charge on any atom is -0.481 e. The lowest BCUT2D eigenvalue weighted by Crippen LogP contribution is -2.29. The van der Waals surface area contributed by atoms with Gasteiger partial charge in [-0.05, 0) is 6.42 Å². The summed E-state index contributed by atoms with van der Waals surface area (Å²) in [5, 5.41) is 8.59. The molecule has 0 aromatic carbocycles. The Kier molecular flexibility index (Phi) is 2.70. The smallest absolute Gasteiger partial charge is 0.307 e. The van der Waals surface area contributed by atoms with Crippen molar-refractivity contribution in [3.63, 3.8) is 0 Å². The van der Waals surface area contributed by atoms with E-state index < -0.39 is 11.9 Å². The first-order chi connectivity index (χ1) is 6.07. The minimum atomic E-state index is -0.870. The molecule has 0 aliphatic heterocycles. The van der Waals surface area contributed by atoms with Gasteiger partial charge in [0, 0.05) is 13.6 Å². The van der Waals surface area contributed by atoms with E-state index >= 15 is 0 Å². The van der Waals surface area contributed by atoms with Gasteiger partial charge in [0.1, 0.15) is 0 Å². The van der Waals surface area contributed by atoms with Crippen LogP contribution in [-0.2, 0) is 9.59 Å². The molecule has 0 aromatic heterocycles. The first-order valence-electron chi connectivity index (χ1n) is 4.16. The Balaban J connectivity index is 2.43. The number of carbonyl (C=O) groups is 2. The summed E-state index contributed by atoms with van der Waals surface area (Å²) in [5.41, 5.74) is 0. The molecular formula is C9H13NO3. The Morgan fingerprint density at radius 1 is 1.62 bits per heavy atom. The molecule has 0 aromatic rings. The zero-order valence-corrected chi connectivity index (χ0v) is 7.56. The first kappa shape index (κ1) is 9.77. The summed E-state index contributed by atoms with van der Waals surface area (Å²) < 4.78 is 0. The van der Waals surface area contributed by atoms with Gasteiger partial charge < -0.3 is 10.0 Å². The number of carboxylic acid groups (broad SMARTS) is 1. The predicted octanol–water partition coefficient (Wildman–Crippen LogP) is 0.352. The van der Waals surface area contributed by atoms with Crippen molar-refractivity contribution >= 4 is 11.9 Å². The molecule has 1 amide bonds. The lowest BCUT2D eigenvalue weighted by Gasteiger charge is -2.13. The van der Waals surface area contributed by atoms with Crippen molar-refractivity contribution in [2.75, 3.05) is 13.6 Å². The Bertz CT molecular complexity index is 249. The molecule has 13 heavy (non-hydrogen) atoms. The highest BCUT2D eigenvalue weighted by Gasteiger charge is 2.49. The van der Waals surface area contributed by atoms with Crippen molar-refractivity contribution in [2.24, 2.45) is 11.8 Å². The number of carbonyl (C=O) groups excluding carboxylic acids is 1. The maximum atomic E-state index is 11.4. The summed E-state index contributed by atoms with van der Waals surface area (Å²) in [6, 6.07) is 0. The van der Waals surface area contributed by atoms with E-state index in [4.69, 9.17) is 5.11 Å². The van der Waals surface area contributed by atoms with Crippen molar-refractivity contribution in [1.29, 1.82) is 0 Å². The molecule has 1 aliphatic rings. The molecule has 0 radical (unpaired) electrons.